The van der Waals surface area contributed by atoms with Crippen molar-refractivity contribution in [3.05, 3.63) is 12.7 Å². The lowest BCUT2D eigenvalue weighted by Gasteiger charge is -2.35. The Kier molecular flexibility index (Phi) is 7.66. The third-order valence-corrected chi connectivity index (χ3v) is 4.22. The second kappa shape index (κ2) is 8.72. The molecule has 2 N–H and O–H groups in total. The van der Waals surface area contributed by atoms with E-state index in [1.54, 1.807) is 0 Å². The van der Waals surface area contributed by atoms with Crippen molar-refractivity contribution < 1.29 is 9.84 Å². The summed E-state index contributed by atoms with van der Waals surface area (Å²) in [4.78, 5) is 0. The largest absolute Gasteiger partial charge is 0.396 e. The van der Waals surface area contributed by atoms with Crippen molar-refractivity contribution in [2.75, 3.05) is 19.8 Å². The zero-order chi connectivity index (χ0) is 14.1. The Morgan fingerprint density at radius 3 is 2.84 bits per heavy atom. The quantitative estimate of drug-likeness (QED) is 0.473. The molecule has 0 spiro atoms. The molecule has 1 aliphatic rings. The van der Waals surface area contributed by atoms with Gasteiger partial charge in [-0.3, -0.25) is 0 Å². The molecule has 1 fully saturated rings. The van der Waals surface area contributed by atoms with Crippen LogP contribution in [-0.4, -0.2) is 36.5 Å². The average Bonchev–Trinajstić information content (AvgIpc) is 2.82. The van der Waals surface area contributed by atoms with Crippen molar-refractivity contribution in [1.82, 2.24) is 5.32 Å². The van der Waals surface area contributed by atoms with E-state index in [0.29, 0.717) is 12.0 Å². The standard InChI is InChI=1S/C16H31NO2/c1-4-5-6-8-15(16(3)10-7-12-19-16)17-13-14(2)9-11-18/h4,14-15,17-18H,1,5-13H2,2-3H3. The van der Waals surface area contributed by atoms with E-state index in [1.165, 1.54) is 6.42 Å². The number of nitrogens with one attached hydrogen (secondary N) is 1. The summed E-state index contributed by atoms with van der Waals surface area (Å²) in [7, 11) is 0. The molecule has 1 rings (SSSR count). The van der Waals surface area contributed by atoms with Gasteiger partial charge in [0.05, 0.1) is 5.60 Å². The second-order valence-corrected chi connectivity index (χ2v) is 6.06. The van der Waals surface area contributed by atoms with Crippen LogP contribution in [0.15, 0.2) is 12.7 Å². The molecule has 3 nitrogen and oxygen atoms in total. The number of rotatable bonds is 10. The molecule has 1 heterocycles. The Morgan fingerprint density at radius 2 is 2.26 bits per heavy atom. The molecule has 0 radical (unpaired) electrons. The Bertz CT molecular complexity index is 249. The van der Waals surface area contributed by atoms with Gasteiger partial charge in [-0.05, 0) is 57.9 Å². The first-order valence-electron chi connectivity index (χ1n) is 7.71. The van der Waals surface area contributed by atoms with Crippen LogP contribution in [0.1, 0.15) is 52.4 Å². The van der Waals surface area contributed by atoms with Gasteiger partial charge in [0, 0.05) is 19.3 Å². The molecule has 0 bridgehead atoms. The highest BCUT2D eigenvalue weighted by molar-refractivity contribution is 4.93. The van der Waals surface area contributed by atoms with Crippen LogP contribution in [0, 0.1) is 5.92 Å². The maximum absolute atomic E-state index is 8.97. The normalized spacial score (nSPS) is 26.3. The van der Waals surface area contributed by atoms with Crippen LogP contribution < -0.4 is 5.32 Å². The summed E-state index contributed by atoms with van der Waals surface area (Å²) < 4.78 is 5.99. The summed E-state index contributed by atoms with van der Waals surface area (Å²) in [5, 5.41) is 12.6. The Morgan fingerprint density at radius 1 is 1.47 bits per heavy atom. The van der Waals surface area contributed by atoms with Gasteiger partial charge in [0.1, 0.15) is 0 Å². The summed E-state index contributed by atoms with van der Waals surface area (Å²) in [5.74, 6) is 0.511. The maximum Gasteiger partial charge on any atom is 0.0807 e. The van der Waals surface area contributed by atoms with Gasteiger partial charge in [-0.1, -0.05) is 13.0 Å². The van der Waals surface area contributed by atoms with Crippen molar-refractivity contribution in [3.8, 4) is 0 Å². The van der Waals surface area contributed by atoms with Gasteiger partial charge in [0.15, 0.2) is 0 Å². The molecule has 0 aromatic rings. The molecule has 0 aromatic carbocycles. The van der Waals surface area contributed by atoms with E-state index in [2.05, 4.69) is 25.7 Å². The van der Waals surface area contributed by atoms with Gasteiger partial charge in [0.2, 0.25) is 0 Å². The molecular formula is C16H31NO2. The zero-order valence-electron chi connectivity index (χ0n) is 12.7. The molecule has 0 saturated carbocycles. The van der Waals surface area contributed by atoms with E-state index in [0.717, 1.165) is 45.3 Å². The number of ether oxygens (including phenoxy) is 1. The minimum Gasteiger partial charge on any atom is -0.396 e. The molecule has 112 valence electrons. The Hall–Kier alpha value is -0.380. The lowest BCUT2D eigenvalue weighted by molar-refractivity contribution is -0.0152. The number of allylic oxidation sites excluding steroid dienone is 1. The van der Waals surface area contributed by atoms with Crippen LogP contribution in [0.2, 0.25) is 0 Å². The lowest BCUT2D eigenvalue weighted by atomic mass is 9.88. The summed E-state index contributed by atoms with van der Waals surface area (Å²) in [6, 6.07) is 0.413. The number of unbranched alkanes of at least 4 members (excludes halogenated alkanes) is 1. The number of aliphatic hydroxyl groups is 1. The van der Waals surface area contributed by atoms with Crippen LogP contribution in [0.3, 0.4) is 0 Å². The minimum atomic E-state index is -0.0138. The number of hydrogen-bond acceptors (Lipinski definition) is 3. The van der Waals surface area contributed by atoms with Crippen LogP contribution in [0.25, 0.3) is 0 Å². The fraction of sp³-hybridized carbons (Fsp3) is 0.875. The van der Waals surface area contributed by atoms with Crippen molar-refractivity contribution in [2.24, 2.45) is 5.92 Å². The van der Waals surface area contributed by atoms with Crippen LogP contribution in [0.5, 0.6) is 0 Å². The topological polar surface area (TPSA) is 41.5 Å². The van der Waals surface area contributed by atoms with Gasteiger partial charge in [0.25, 0.3) is 0 Å². The van der Waals surface area contributed by atoms with E-state index in [-0.39, 0.29) is 12.2 Å². The smallest absolute Gasteiger partial charge is 0.0807 e. The van der Waals surface area contributed by atoms with E-state index in [9.17, 15) is 0 Å². The third-order valence-electron chi connectivity index (χ3n) is 4.22. The van der Waals surface area contributed by atoms with E-state index in [1.807, 2.05) is 6.08 Å². The second-order valence-electron chi connectivity index (χ2n) is 6.06. The molecule has 1 aliphatic heterocycles. The first kappa shape index (κ1) is 16.7. The zero-order valence-corrected chi connectivity index (χ0v) is 12.7. The van der Waals surface area contributed by atoms with Crippen molar-refractivity contribution in [1.29, 1.82) is 0 Å². The molecule has 0 aliphatic carbocycles. The highest BCUT2D eigenvalue weighted by atomic mass is 16.5. The number of aliphatic hydroxyl groups excluding tert-OH is 1. The lowest BCUT2D eigenvalue weighted by Crippen LogP contribution is -2.49. The Balaban J connectivity index is 2.46. The van der Waals surface area contributed by atoms with Crippen molar-refractivity contribution >= 4 is 0 Å². The van der Waals surface area contributed by atoms with Crippen molar-refractivity contribution in [2.45, 2.75) is 64.0 Å². The predicted molar refractivity (Wildman–Crippen MR) is 80.3 cm³/mol. The van der Waals surface area contributed by atoms with Crippen LogP contribution >= 0.6 is 0 Å². The summed E-state index contributed by atoms with van der Waals surface area (Å²) in [5.41, 5.74) is -0.0138. The van der Waals surface area contributed by atoms with Gasteiger partial charge >= 0.3 is 0 Å². The fourth-order valence-corrected chi connectivity index (χ4v) is 2.83. The third kappa shape index (κ3) is 5.64. The Labute approximate surface area is 118 Å². The van der Waals surface area contributed by atoms with Crippen molar-refractivity contribution in [3.63, 3.8) is 0 Å². The predicted octanol–water partition coefficient (Wildman–Crippen LogP) is 2.89. The SMILES string of the molecule is C=CCCCC(NCC(C)CCO)C1(C)CCCO1. The molecule has 0 amide bonds. The maximum atomic E-state index is 8.97. The molecule has 3 heteroatoms. The summed E-state index contributed by atoms with van der Waals surface area (Å²) >= 11 is 0. The minimum absolute atomic E-state index is 0.0138. The molecule has 3 atom stereocenters. The highest BCUT2D eigenvalue weighted by Gasteiger charge is 2.37. The van der Waals surface area contributed by atoms with E-state index >= 15 is 0 Å². The summed E-state index contributed by atoms with van der Waals surface area (Å²) in [6.07, 6.45) is 8.53. The van der Waals surface area contributed by atoms with E-state index in [4.69, 9.17) is 9.84 Å². The average molecular weight is 269 g/mol. The molecular weight excluding hydrogens is 238 g/mol. The molecule has 19 heavy (non-hydrogen) atoms. The van der Waals surface area contributed by atoms with Gasteiger partial charge in [-0.25, -0.2) is 0 Å². The monoisotopic (exact) mass is 269 g/mol. The van der Waals surface area contributed by atoms with Gasteiger partial charge in [-0.15, -0.1) is 6.58 Å². The highest BCUT2D eigenvalue weighted by Crippen LogP contribution is 2.31. The van der Waals surface area contributed by atoms with E-state index < -0.39 is 0 Å². The summed E-state index contributed by atoms with van der Waals surface area (Å²) in [6.45, 7) is 10.3. The molecule has 0 aromatic heterocycles. The fourth-order valence-electron chi connectivity index (χ4n) is 2.83. The van der Waals surface area contributed by atoms with Gasteiger partial charge < -0.3 is 15.2 Å². The molecule has 1 saturated heterocycles. The first-order valence-corrected chi connectivity index (χ1v) is 7.71. The van der Waals surface area contributed by atoms with Crippen LogP contribution in [0.4, 0.5) is 0 Å². The number of hydrogen-bond donors (Lipinski definition) is 2. The van der Waals surface area contributed by atoms with Crippen LogP contribution in [-0.2, 0) is 4.74 Å². The van der Waals surface area contributed by atoms with Gasteiger partial charge in [-0.2, -0.15) is 0 Å². The first-order chi connectivity index (χ1) is 9.12. The molecule has 3 unspecified atom stereocenters.